The number of benzene rings is 2. The van der Waals surface area contributed by atoms with E-state index >= 15 is 0 Å². The molecule has 2 aromatic carbocycles. The Morgan fingerprint density at radius 2 is 1.28 bits per heavy atom. The third-order valence-electron chi connectivity index (χ3n) is 7.51. The third kappa shape index (κ3) is 3.81. The summed E-state index contributed by atoms with van der Waals surface area (Å²) in [7, 11) is -1.50. The number of rotatable bonds is 5. The predicted molar refractivity (Wildman–Crippen MR) is 129 cm³/mol. The Labute approximate surface area is 178 Å². The maximum Gasteiger partial charge on any atom is 0.124 e. The second kappa shape index (κ2) is 8.08. The Balaban J connectivity index is 1.84. The number of allylic oxidation sites excluding steroid dienone is 2. The Bertz CT molecular complexity index is 867. The molecule has 1 unspecified atom stereocenters. The molecule has 152 valence electrons. The highest BCUT2D eigenvalue weighted by Gasteiger charge is 2.47. The second-order valence-electron chi connectivity index (χ2n) is 9.38. The molecular formula is C27H35NSi. The van der Waals surface area contributed by atoms with Crippen LogP contribution in [0.25, 0.3) is 0 Å². The summed E-state index contributed by atoms with van der Waals surface area (Å²) in [6, 6.07) is 22.8. The summed E-state index contributed by atoms with van der Waals surface area (Å²) in [6.07, 6.45) is 9.07. The summed E-state index contributed by atoms with van der Waals surface area (Å²) < 4.78 is 0. The average molecular weight is 402 g/mol. The van der Waals surface area contributed by atoms with Crippen LogP contribution < -0.4 is 15.7 Å². The van der Waals surface area contributed by atoms with Crippen molar-refractivity contribution in [3.05, 3.63) is 83.5 Å². The predicted octanol–water partition coefficient (Wildman–Crippen LogP) is 4.91. The molecule has 0 spiro atoms. The quantitative estimate of drug-likeness (QED) is 0.702. The molecule has 2 aromatic rings. The van der Waals surface area contributed by atoms with Crippen molar-refractivity contribution >= 4 is 19.2 Å². The SMILES string of the molecule is CC1=CC(C)(NC2([SiH](c3ccccc3)c3ccccc3)CCCCC2)C(C)=C1C. The van der Waals surface area contributed by atoms with Gasteiger partial charge in [-0.2, -0.15) is 0 Å². The maximum absolute atomic E-state index is 4.34. The van der Waals surface area contributed by atoms with Crippen molar-refractivity contribution in [2.45, 2.75) is 70.5 Å². The summed E-state index contributed by atoms with van der Waals surface area (Å²) in [5, 5.41) is 7.66. The summed E-state index contributed by atoms with van der Waals surface area (Å²) in [6.45, 7) is 9.28. The van der Waals surface area contributed by atoms with Crippen molar-refractivity contribution in [2.75, 3.05) is 0 Å². The zero-order valence-electron chi connectivity index (χ0n) is 18.5. The van der Waals surface area contributed by atoms with Crippen molar-refractivity contribution in [1.82, 2.24) is 5.32 Å². The smallest absolute Gasteiger partial charge is 0.124 e. The average Bonchev–Trinajstić information content (AvgIpc) is 2.92. The van der Waals surface area contributed by atoms with Crippen LogP contribution in [0.4, 0.5) is 0 Å². The second-order valence-corrected chi connectivity index (χ2v) is 12.7. The Morgan fingerprint density at radius 1 is 0.759 bits per heavy atom. The van der Waals surface area contributed by atoms with Crippen LogP contribution in [0.1, 0.15) is 59.8 Å². The fraction of sp³-hybridized carbons (Fsp3) is 0.407. The largest absolute Gasteiger partial charge is 0.301 e. The number of nitrogens with one attached hydrogen (secondary N) is 1. The molecule has 0 saturated heterocycles. The van der Waals surface area contributed by atoms with Crippen LogP contribution in [0.5, 0.6) is 0 Å². The Morgan fingerprint density at radius 3 is 1.72 bits per heavy atom. The van der Waals surface area contributed by atoms with Crippen LogP contribution >= 0.6 is 0 Å². The van der Waals surface area contributed by atoms with Crippen molar-refractivity contribution in [2.24, 2.45) is 0 Å². The number of hydrogen-bond donors (Lipinski definition) is 1. The fourth-order valence-corrected chi connectivity index (χ4v) is 10.1. The molecule has 1 saturated carbocycles. The standard InChI is InChI=1S/C27H35NSi/c1-21-20-26(4,23(3)22(21)2)28-27(18-12-7-13-19-27)29(24-14-8-5-9-15-24)25-16-10-6-11-17-25/h5-6,8-11,14-17,20,28-29H,7,12-13,18-19H2,1-4H3. The van der Waals surface area contributed by atoms with Gasteiger partial charge in [0.2, 0.25) is 0 Å². The molecule has 29 heavy (non-hydrogen) atoms. The molecule has 0 amide bonds. The minimum atomic E-state index is -1.50. The summed E-state index contributed by atoms with van der Waals surface area (Å²) in [5.74, 6) is 0. The highest BCUT2D eigenvalue weighted by atomic mass is 28.3. The lowest BCUT2D eigenvalue weighted by Crippen LogP contribution is -2.71. The van der Waals surface area contributed by atoms with Gasteiger partial charge >= 0.3 is 0 Å². The molecule has 1 nitrogen and oxygen atoms in total. The molecule has 0 heterocycles. The van der Waals surface area contributed by atoms with Gasteiger partial charge in [-0.05, 0) is 51.7 Å². The Hall–Kier alpha value is -1.90. The third-order valence-corrected chi connectivity index (χ3v) is 11.4. The van der Waals surface area contributed by atoms with Gasteiger partial charge in [-0.3, -0.25) is 0 Å². The van der Waals surface area contributed by atoms with Gasteiger partial charge in [-0.25, -0.2) is 0 Å². The first-order valence-corrected chi connectivity index (χ1v) is 13.0. The molecule has 1 fully saturated rings. The normalized spacial score (nSPS) is 24.1. The van der Waals surface area contributed by atoms with Gasteiger partial charge in [0.25, 0.3) is 0 Å². The zero-order valence-corrected chi connectivity index (χ0v) is 19.6. The first-order chi connectivity index (χ1) is 14.0. The number of hydrogen-bond acceptors (Lipinski definition) is 1. The van der Waals surface area contributed by atoms with Gasteiger partial charge in [0.05, 0.1) is 5.54 Å². The molecule has 1 N–H and O–H groups in total. The molecule has 2 aliphatic carbocycles. The first-order valence-electron chi connectivity index (χ1n) is 11.2. The summed E-state index contributed by atoms with van der Waals surface area (Å²) in [5.41, 5.74) is 4.35. The Kier molecular flexibility index (Phi) is 5.68. The summed E-state index contributed by atoms with van der Waals surface area (Å²) in [4.78, 5) is 0. The molecule has 0 aromatic heterocycles. The fourth-order valence-electron chi connectivity index (χ4n) is 5.77. The molecule has 2 aliphatic rings. The molecule has 1 atom stereocenters. The van der Waals surface area contributed by atoms with E-state index in [1.165, 1.54) is 48.8 Å². The van der Waals surface area contributed by atoms with Gasteiger partial charge in [-0.15, -0.1) is 0 Å². The molecule has 0 aliphatic heterocycles. The van der Waals surface area contributed by atoms with Crippen molar-refractivity contribution in [1.29, 1.82) is 0 Å². The van der Waals surface area contributed by atoms with Crippen molar-refractivity contribution < 1.29 is 0 Å². The van der Waals surface area contributed by atoms with E-state index in [1.807, 2.05) is 0 Å². The van der Waals surface area contributed by atoms with Gasteiger partial charge in [0, 0.05) is 5.16 Å². The lowest BCUT2D eigenvalue weighted by molar-refractivity contribution is 0.280. The lowest BCUT2D eigenvalue weighted by Gasteiger charge is -2.49. The van der Waals surface area contributed by atoms with E-state index in [0.29, 0.717) is 0 Å². The van der Waals surface area contributed by atoms with Gasteiger partial charge in [-0.1, -0.05) is 102 Å². The highest BCUT2D eigenvalue weighted by molar-refractivity contribution is 6.87. The van der Waals surface area contributed by atoms with Crippen LogP contribution in [0.2, 0.25) is 0 Å². The van der Waals surface area contributed by atoms with E-state index in [9.17, 15) is 0 Å². The van der Waals surface area contributed by atoms with Crippen molar-refractivity contribution in [3.63, 3.8) is 0 Å². The van der Waals surface area contributed by atoms with Gasteiger partial charge in [0.15, 0.2) is 0 Å². The van der Waals surface area contributed by atoms with Gasteiger partial charge < -0.3 is 5.32 Å². The van der Waals surface area contributed by atoms with E-state index in [0.717, 1.165) is 0 Å². The summed E-state index contributed by atoms with van der Waals surface area (Å²) >= 11 is 0. The van der Waals surface area contributed by atoms with E-state index in [2.05, 4.69) is 99.8 Å². The molecule has 2 heteroatoms. The monoisotopic (exact) mass is 401 g/mol. The molecule has 0 radical (unpaired) electrons. The van der Waals surface area contributed by atoms with E-state index in [4.69, 9.17) is 0 Å². The van der Waals surface area contributed by atoms with Crippen LogP contribution in [-0.2, 0) is 0 Å². The van der Waals surface area contributed by atoms with Gasteiger partial charge in [0.1, 0.15) is 8.80 Å². The highest BCUT2D eigenvalue weighted by Crippen LogP contribution is 2.39. The van der Waals surface area contributed by atoms with Crippen molar-refractivity contribution in [3.8, 4) is 0 Å². The van der Waals surface area contributed by atoms with Crippen LogP contribution in [0.3, 0.4) is 0 Å². The van der Waals surface area contributed by atoms with E-state index in [1.54, 1.807) is 10.4 Å². The minimum absolute atomic E-state index is 0.0414. The lowest BCUT2D eigenvalue weighted by atomic mass is 9.88. The minimum Gasteiger partial charge on any atom is -0.301 e. The van der Waals surface area contributed by atoms with E-state index in [-0.39, 0.29) is 10.7 Å². The van der Waals surface area contributed by atoms with Crippen LogP contribution in [-0.4, -0.2) is 19.5 Å². The zero-order chi connectivity index (χ0) is 20.5. The van der Waals surface area contributed by atoms with Crippen LogP contribution in [0, 0.1) is 0 Å². The topological polar surface area (TPSA) is 12.0 Å². The van der Waals surface area contributed by atoms with E-state index < -0.39 is 8.80 Å². The molecular weight excluding hydrogens is 366 g/mol. The maximum atomic E-state index is 4.34. The first kappa shape index (κ1) is 20.4. The molecule has 4 rings (SSSR count). The molecule has 0 bridgehead atoms. The van der Waals surface area contributed by atoms with Crippen LogP contribution in [0.15, 0.2) is 83.5 Å².